The third-order valence-corrected chi connectivity index (χ3v) is 4.31. The number of amides is 1. The van der Waals surface area contributed by atoms with Crippen LogP contribution < -0.4 is 0 Å². The lowest BCUT2D eigenvalue weighted by Crippen LogP contribution is -2.38. The number of carbonyl (C=O) groups is 1. The van der Waals surface area contributed by atoms with Gasteiger partial charge in [0.05, 0.1) is 6.04 Å². The van der Waals surface area contributed by atoms with Crippen molar-refractivity contribution in [3.8, 4) is 0 Å². The van der Waals surface area contributed by atoms with Gasteiger partial charge in [-0.2, -0.15) is 0 Å². The van der Waals surface area contributed by atoms with E-state index in [0.29, 0.717) is 0 Å². The fraction of sp³-hybridized carbons (Fsp3) is 0.300. The number of nitrogens with zero attached hydrogens (tertiary/aromatic N) is 2. The molecule has 0 aromatic heterocycles. The molecule has 1 saturated heterocycles. The van der Waals surface area contributed by atoms with Crippen molar-refractivity contribution < 1.29 is 4.79 Å². The molecule has 1 amide bonds. The monoisotopic (exact) mass is 306 g/mol. The topological polar surface area (TPSA) is 32.7 Å². The Labute approximate surface area is 137 Å². The van der Waals surface area contributed by atoms with Crippen LogP contribution in [0.5, 0.6) is 0 Å². The van der Waals surface area contributed by atoms with Gasteiger partial charge in [-0.3, -0.25) is 9.79 Å². The highest BCUT2D eigenvalue weighted by Crippen LogP contribution is 2.19. The van der Waals surface area contributed by atoms with Gasteiger partial charge in [-0.1, -0.05) is 48.5 Å². The first-order valence-electron chi connectivity index (χ1n) is 8.19. The lowest BCUT2D eigenvalue weighted by Gasteiger charge is -2.28. The summed E-state index contributed by atoms with van der Waals surface area (Å²) in [5.41, 5.74) is 3.23. The lowest BCUT2D eigenvalue weighted by atomic mass is 10.0. The van der Waals surface area contributed by atoms with Crippen LogP contribution in [-0.4, -0.2) is 29.6 Å². The molecular weight excluding hydrogens is 284 g/mol. The zero-order chi connectivity index (χ0) is 16.1. The minimum atomic E-state index is 0.126. The molecule has 3 heteroatoms. The van der Waals surface area contributed by atoms with Crippen LogP contribution >= 0.6 is 0 Å². The van der Waals surface area contributed by atoms with E-state index in [2.05, 4.69) is 19.1 Å². The van der Waals surface area contributed by atoms with E-state index >= 15 is 0 Å². The molecule has 1 fully saturated rings. The molecule has 0 aliphatic carbocycles. The number of aliphatic imine (C=N–C) groups is 1. The third-order valence-electron chi connectivity index (χ3n) is 4.31. The van der Waals surface area contributed by atoms with Crippen LogP contribution in [0.2, 0.25) is 0 Å². The Morgan fingerprint density at radius 3 is 2.13 bits per heavy atom. The second-order valence-electron chi connectivity index (χ2n) is 5.94. The van der Waals surface area contributed by atoms with Crippen LogP contribution in [0.25, 0.3) is 0 Å². The summed E-state index contributed by atoms with van der Waals surface area (Å²) in [6.07, 6.45) is 1.74. The molecule has 2 aromatic rings. The second-order valence-corrected chi connectivity index (χ2v) is 5.94. The summed E-state index contributed by atoms with van der Waals surface area (Å²) in [7, 11) is 0. The van der Waals surface area contributed by atoms with Gasteiger partial charge in [0, 0.05) is 37.2 Å². The van der Waals surface area contributed by atoms with Gasteiger partial charge in [-0.05, 0) is 24.6 Å². The molecule has 1 heterocycles. The normalized spacial score (nSPS) is 16.0. The highest BCUT2D eigenvalue weighted by molar-refractivity contribution is 5.96. The fourth-order valence-corrected chi connectivity index (χ4v) is 2.94. The van der Waals surface area contributed by atoms with Crippen molar-refractivity contribution in [2.45, 2.75) is 25.8 Å². The Bertz CT molecular complexity index is 669. The van der Waals surface area contributed by atoms with E-state index in [9.17, 15) is 4.79 Å². The van der Waals surface area contributed by atoms with E-state index in [1.54, 1.807) is 0 Å². The Kier molecular flexibility index (Phi) is 4.86. The van der Waals surface area contributed by atoms with E-state index in [-0.39, 0.29) is 11.9 Å². The van der Waals surface area contributed by atoms with Crippen molar-refractivity contribution in [2.24, 2.45) is 4.99 Å². The Hall–Kier alpha value is -2.42. The maximum absolute atomic E-state index is 12.4. The highest BCUT2D eigenvalue weighted by Gasteiger charge is 2.21. The maximum Gasteiger partial charge on any atom is 0.253 e. The summed E-state index contributed by atoms with van der Waals surface area (Å²) in [4.78, 5) is 19.2. The van der Waals surface area contributed by atoms with Crippen molar-refractivity contribution in [3.63, 3.8) is 0 Å². The van der Waals surface area contributed by atoms with Crippen LogP contribution in [0.3, 0.4) is 0 Å². The van der Waals surface area contributed by atoms with Gasteiger partial charge in [0.1, 0.15) is 0 Å². The van der Waals surface area contributed by atoms with Gasteiger partial charge in [-0.25, -0.2) is 0 Å². The quantitative estimate of drug-likeness (QED) is 0.839. The molecule has 23 heavy (non-hydrogen) atoms. The Morgan fingerprint density at radius 2 is 1.52 bits per heavy atom. The second kappa shape index (κ2) is 7.23. The molecule has 3 nitrogen and oxygen atoms in total. The average molecular weight is 306 g/mol. The van der Waals surface area contributed by atoms with Crippen molar-refractivity contribution in [2.75, 3.05) is 13.1 Å². The summed E-state index contributed by atoms with van der Waals surface area (Å²) < 4.78 is 0. The molecule has 0 unspecified atom stereocenters. The van der Waals surface area contributed by atoms with E-state index in [0.717, 1.165) is 31.5 Å². The minimum Gasteiger partial charge on any atom is -0.338 e. The van der Waals surface area contributed by atoms with Crippen molar-refractivity contribution in [3.05, 3.63) is 71.8 Å². The van der Waals surface area contributed by atoms with Gasteiger partial charge in [-0.15, -0.1) is 0 Å². The van der Waals surface area contributed by atoms with Crippen LogP contribution in [0.1, 0.15) is 41.7 Å². The summed E-state index contributed by atoms with van der Waals surface area (Å²) in [5, 5.41) is 0. The lowest BCUT2D eigenvalue weighted by molar-refractivity contribution is 0.0755. The van der Waals surface area contributed by atoms with Crippen molar-refractivity contribution >= 4 is 11.6 Å². The molecule has 1 aliphatic rings. The van der Waals surface area contributed by atoms with Crippen LogP contribution in [-0.2, 0) is 0 Å². The fourth-order valence-electron chi connectivity index (χ4n) is 2.94. The number of rotatable bonds is 3. The van der Waals surface area contributed by atoms with E-state index in [1.165, 1.54) is 11.3 Å². The van der Waals surface area contributed by atoms with Gasteiger partial charge < -0.3 is 4.90 Å². The first kappa shape index (κ1) is 15.5. The number of hydrogen-bond acceptors (Lipinski definition) is 2. The zero-order valence-electron chi connectivity index (χ0n) is 13.5. The molecule has 118 valence electrons. The predicted octanol–water partition coefficient (Wildman–Crippen LogP) is 4.12. The van der Waals surface area contributed by atoms with Gasteiger partial charge >= 0.3 is 0 Å². The summed E-state index contributed by atoms with van der Waals surface area (Å²) in [6, 6.07) is 20.0. The van der Waals surface area contributed by atoms with E-state index in [1.807, 2.05) is 53.4 Å². The van der Waals surface area contributed by atoms with Crippen LogP contribution in [0, 0.1) is 0 Å². The van der Waals surface area contributed by atoms with Gasteiger partial charge in [0.25, 0.3) is 5.91 Å². The van der Waals surface area contributed by atoms with Crippen LogP contribution in [0.15, 0.2) is 65.7 Å². The molecular formula is C20H22N2O. The van der Waals surface area contributed by atoms with Crippen molar-refractivity contribution in [1.82, 2.24) is 4.90 Å². The summed E-state index contributed by atoms with van der Waals surface area (Å²) in [5.74, 6) is 0.126. The summed E-state index contributed by atoms with van der Waals surface area (Å²) in [6.45, 7) is 3.64. The molecule has 0 N–H and O–H groups in total. The number of likely N-dealkylation sites (tertiary alicyclic amines) is 1. The van der Waals surface area contributed by atoms with E-state index < -0.39 is 0 Å². The predicted molar refractivity (Wildman–Crippen MR) is 93.9 cm³/mol. The largest absolute Gasteiger partial charge is 0.338 e. The molecule has 0 spiro atoms. The number of hydrogen-bond donors (Lipinski definition) is 0. The summed E-state index contributed by atoms with van der Waals surface area (Å²) >= 11 is 0. The Balaban J connectivity index is 1.60. The molecule has 3 rings (SSSR count). The van der Waals surface area contributed by atoms with Gasteiger partial charge in [0.15, 0.2) is 0 Å². The zero-order valence-corrected chi connectivity index (χ0v) is 13.5. The number of carbonyl (C=O) groups excluding carboxylic acids is 1. The smallest absolute Gasteiger partial charge is 0.253 e. The van der Waals surface area contributed by atoms with Gasteiger partial charge in [0.2, 0.25) is 0 Å². The standard InChI is InChI=1S/C20H22N2O/c1-16(17-8-4-2-5-9-17)21-19-12-14-22(15-13-19)20(23)18-10-6-3-7-11-18/h2-11,16H,12-15H2,1H3/t16-/m0/s1. The first-order chi connectivity index (χ1) is 11.2. The van der Waals surface area contributed by atoms with Crippen LogP contribution in [0.4, 0.5) is 0 Å². The third kappa shape index (κ3) is 3.86. The molecule has 1 atom stereocenters. The molecule has 0 saturated carbocycles. The molecule has 1 aliphatic heterocycles. The number of piperidine rings is 1. The SMILES string of the molecule is C[C@H](N=C1CCN(C(=O)c2ccccc2)CC1)c1ccccc1. The molecule has 0 bridgehead atoms. The average Bonchev–Trinajstić information content (AvgIpc) is 2.63. The molecule has 2 aromatic carbocycles. The first-order valence-corrected chi connectivity index (χ1v) is 8.19. The minimum absolute atomic E-state index is 0.126. The van der Waals surface area contributed by atoms with Crippen molar-refractivity contribution in [1.29, 1.82) is 0 Å². The highest BCUT2D eigenvalue weighted by atomic mass is 16.2. The number of benzene rings is 2. The molecule has 0 radical (unpaired) electrons. The maximum atomic E-state index is 12.4. The Morgan fingerprint density at radius 1 is 0.957 bits per heavy atom. The van der Waals surface area contributed by atoms with E-state index in [4.69, 9.17) is 4.99 Å².